The van der Waals surface area contributed by atoms with Crippen molar-refractivity contribution < 1.29 is 18.0 Å². The molecule has 0 aromatic heterocycles. The topological polar surface area (TPSA) is 20.3 Å². The lowest BCUT2D eigenvalue weighted by Gasteiger charge is -2.37. The number of carbonyl (C=O) groups is 1. The first-order chi connectivity index (χ1) is 9.79. The number of nitrogens with zero attached hydrogens (tertiary/aromatic N) is 1. The quantitative estimate of drug-likeness (QED) is 0.696. The average Bonchev–Trinajstić information content (AvgIpc) is 2.46. The lowest BCUT2D eigenvalue weighted by molar-refractivity contribution is -0.185. The summed E-state index contributed by atoms with van der Waals surface area (Å²) in [4.78, 5) is 14.2. The molecule has 2 fully saturated rings. The fourth-order valence-electron chi connectivity index (χ4n) is 3.51. The summed E-state index contributed by atoms with van der Waals surface area (Å²) in [6.07, 6.45) is -1.39. The highest BCUT2D eigenvalue weighted by Gasteiger charge is 2.43. The lowest BCUT2D eigenvalue weighted by atomic mass is 9.80. The van der Waals surface area contributed by atoms with Crippen LogP contribution in [0, 0.1) is 17.8 Å². The Morgan fingerprint density at radius 3 is 2.05 bits per heavy atom. The maximum atomic E-state index is 12.6. The summed E-state index contributed by atoms with van der Waals surface area (Å²) in [5, 5.41) is 0.115. The Morgan fingerprint density at radius 1 is 1.10 bits per heavy atom. The predicted octanol–water partition coefficient (Wildman–Crippen LogP) is 4.22. The van der Waals surface area contributed by atoms with Crippen LogP contribution >= 0.6 is 11.6 Å². The van der Waals surface area contributed by atoms with Crippen LogP contribution in [0.5, 0.6) is 0 Å². The van der Waals surface area contributed by atoms with E-state index in [1.54, 1.807) is 0 Å². The van der Waals surface area contributed by atoms with Crippen molar-refractivity contribution in [1.82, 2.24) is 4.90 Å². The number of hydrogen-bond donors (Lipinski definition) is 0. The van der Waals surface area contributed by atoms with Crippen molar-refractivity contribution in [1.29, 1.82) is 0 Å². The number of alkyl halides is 4. The third kappa shape index (κ3) is 4.27. The molecular weight excluding hydrogens is 303 g/mol. The van der Waals surface area contributed by atoms with Crippen LogP contribution in [-0.2, 0) is 4.79 Å². The van der Waals surface area contributed by atoms with Crippen molar-refractivity contribution in [2.75, 3.05) is 13.1 Å². The molecule has 2 aliphatic rings. The van der Waals surface area contributed by atoms with Gasteiger partial charge >= 0.3 is 6.18 Å². The summed E-state index contributed by atoms with van der Waals surface area (Å²) in [5.74, 6) is -0.939. The summed E-state index contributed by atoms with van der Waals surface area (Å²) in [7, 11) is 0. The summed E-state index contributed by atoms with van der Waals surface area (Å²) in [5.41, 5.74) is 0. The van der Waals surface area contributed by atoms with Crippen LogP contribution in [0.15, 0.2) is 0 Å². The molecule has 1 heterocycles. The Kier molecular flexibility index (Phi) is 5.44. The molecular formula is C15H23ClF3NO. The highest BCUT2D eigenvalue weighted by Crippen LogP contribution is 2.40. The smallest absolute Gasteiger partial charge is 0.342 e. The fourth-order valence-corrected chi connectivity index (χ4v) is 3.76. The minimum absolute atomic E-state index is 0.0521. The van der Waals surface area contributed by atoms with Gasteiger partial charge in [0.15, 0.2) is 0 Å². The molecule has 1 aliphatic heterocycles. The van der Waals surface area contributed by atoms with E-state index in [4.69, 9.17) is 11.6 Å². The van der Waals surface area contributed by atoms with Crippen LogP contribution < -0.4 is 0 Å². The zero-order chi connectivity index (χ0) is 15.6. The van der Waals surface area contributed by atoms with Gasteiger partial charge in [-0.3, -0.25) is 4.79 Å². The van der Waals surface area contributed by atoms with Crippen molar-refractivity contribution in [3.8, 4) is 0 Å². The number of hydrogen-bond acceptors (Lipinski definition) is 1. The number of piperidine rings is 1. The van der Waals surface area contributed by atoms with E-state index in [0.717, 1.165) is 12.8 Å². The Morgan fingerprint density at radius 2 is 1.62 bits per heavy atom. The molecule has 2 nitrogen and oxygen atoms in total. The zero-order valence-corrected chi connectivity index (χ0v) is 13.1. The van der Waals surface area contributed by atoms with Gasteiger partial charge in [0.05, 0.1) is 5.92 Å². The molecule has 6 heteroatoms. The Hall–Kier alpha value is -0.450. The molecule has 1 amide bonds. The van der Waals surface area contributed by atoms with Gasteiger partial charge in [0.25, 0.3) is 0 Å². The minimum Gasteiger partial charge on any atom is -0.342 e. The molecule has 21 heavy (non-hydrogen) atoms. The molecule has 0 bridgehead atoms. The first kappa shape index (κ1) is 16.9. The lowest BCUT2D eigenvalue weighted by Crippen LogP contribution is -2.44. The summed E-state index contributed by atoms with van der Waals surface area (Å²) in [6, 6.07) is 0. The van der Waals surface area contributed by atoms with Crippen molar-refractivity contribution in [3.05, 3.63) is 0 Å². The van der Waals surface area contributed by atoms with Crippen molar-refractivity contribution in [3.63, 3.8) is 0 Å². The largest absolute Gasteiger partial charge is 0.391 e. The van der Waals surface area contributed by atoms with Gasteiger partial charge in [-0.05, 0) is 51.4 Å². The molecule has 0 aromatic carbocycles. The predicted molar refractivity (Wildman–Crippen MR) is 76.1 cm³/mol. The average molecular weight is 326 g/mol. The summed E-state index contributed by atoms with van der Waals surface area (Å²) < 4.78 is 37.9. The maximum Gasteiger partial charge on any atom is 0.391 e. The van der Waals surface area contributed by atoms with E-state index in [2.05, 4.69) is 0 Å². The molecule has 1 atom stereocenters. The molecule has 1 saturated heterocycles. The molecule has 0 radical (unpaired) electrons. The standard InChI is InChI=1S/C15H23ClF3NO/c1-10(16)11-6-8-20(9-7-11)14(21)12-2-4-13(5-3-12)15(17,18)19/h10-13H,2-9H2,1H3. The molecule has 0 spiro atoms. The Bertz CT molecular complexity index is 356. The van der Waals surface area contributed by atoms with Gasteiger partial charge in [-0.2, -0.15) is 13.2 Å². The van der Waals surface area contributed by atoms with Crippen molar-refractivity contribution in [2.24, 2.45) is 17.8 Å². The van der Waals surface area contributed by atoms with Crippen molar-refractivity contribution >= 4 is 17.5 Å². The number of amides is 1. The molecule has 1 saturated carbocycles. The highest BCUT2D eigenvalue weighted by molar-refractivity contribution is 6.20. The van der Waals surface area contributed by atoms with E-state index in [1.165, 1.54) is 0 Å². The van der Waals surface area contributed by atoms with E-state index >= 15 is 0 Å². The van der Waals surface area contributed by atoms with Gasteiger partial charge in [0.1, 0.15) is 0 Å². The summed E-state index contributed by atoms with van der Waals surface area (Å²) in [6.45, 7) is 3.36. The molecule has 1 unspecified atom stereocenters. The van der Waals surface area contributed by atoms with Crippen LogP contribution in [-0.4, -0.2) is 35.4 Å². The van der Waals surface area contributed by atoms with Gasteiger partial charge in [0, 0.05) is 24.4 Å². The van der Waals surface area contributed by atoms with E-state index in [1.807, 2.05) is 11.8 Å². The van der Waals surface area contributed by atoms with E-state index in [9.17, 15) is 18.0 Å². The van der Waals surface area contributed by atoms with E-state index < -0.39 is 12.1 Å². The van der Waals surface area contributed by atoms with Gasteiger partial charge < -0.3 is 4.90 Å². The number of likely N-dealkylation sites (tertiary alicyclic amines) is 1. The van der Waals surface area contributed by atoms with Gasteiger partial charge in [-0.25, -0.2) is 0 Å². The number of rotatable bonds is 2. The number of carbonyl (C=O) groups excluding carboxylic acids is 1. The van der Waals surface area contributed by atoms with Crippen LogP contribution in [0.1, 0.15) is 45.4 Å². The third-order valence-corrected chi connectivity index (χ3v) is 5.40. The minimum atomic E-state index is -4.11. The monoisotopic (exact) mass is 325 g/mol. The fraction of sp³-hybridized carbons (Fsp3) is 0.933. The normalized spacial score (nSPS) is 30.2. The van der Waals surface area contributed by atoms with Crippen molar-refractivity contribution in [2.45, 2.75) is 57.0 Å². The van der Waals surface area contributed by atoms with Crippen LogP contribution in [0.3, 0.4) is 0 Å². The SMILES string of the molecule is CC(Cl)C1CCN(C(=O)C2CCC(C(F)(F)F)CC2)CC1. The second-order valence-electron chi connectivity index (χ2n) is 6.43. The molecule has 1 aliphatic carbocycles. The highest BCUT2D eigenvalue weighted by atomic mass is 35.5. The van der Waals surface area contributed by atoms with E-state index in [0.29, 0.717) is 31.8 Å². The molecule has 2 rings (SSSR count). The van der Waals surface area contributed by atoms with Crippen LogP contribution in [0.25, 0.3) is 0 Å². The van der Waals surface area contributed by atoms with Gasteiger partial charge in [-0.15, -0.1) is 11.6 Å². The van der Waals surface area contributed by atoms with Gasteiger partial charge in [0.2, 0.25) is 5.91 Å². The van der Waals surface area contributed by atoms with E-state index in [-0.39, 0.29) is 30.0 Å². The molecule has 122 valence electrons. The Balaban J connectivity index is 1.80. The Labute approximate surface area is 129 Å². The first-order valence-electron chi connectivity index (χ1n) is 7.78. The first-order valence-corrected chi connectivity index (χ1v) is 8.22. The third-order valence-electron chi connectivity index (χ3n) is 5.04. The number of halogens is 4. The van der Waals surface area contributed by atoms with Crippen LogP contribution in [0.4, 0.5) is 13.2 Å². The zero-order valence-electron chi connectivity index (χ0n) is 12.3. The van der Waals surface area contributed by atoms with Gasteiger partial charge in [-0.1, -0.05) is 0 Å². The second-order valence-corrected chi connectivity index (χ2v) is 7.12. The summed E-state index contributed by atoms with van der Waals surface area (Å²) >= 11 is 6.08. The molecule has 0 N–H and O–H groups in total. The molecule has 0 aromatic rings. The second kappa shape index (κ2) is 6.76. The maximum absolute atomic E-state index is 12.6. The van der Waals surface area contributed by atoms with Crippen LogP contribution in [0.2, 0.25) is 0 Å².